The molecule has 6 heteroatoms. The molecule has 1 saturated carbocycles. The van der Waals surface area contributed by atoms with Crippen LogP contribution in [0.2, 0.25) is 0 Å². The minimum atomic E-state index is 0. The fourth-order valence-corrected chi connectivity index (χ4v) is 3.87. The van der Waals surface area contributed by atoms with Gasteiger partial charge >= 0.3 is 0 Å². The van der Waals surface area contributed by atoms with Crippen LogP contribution in [0, 0.1) is 0 Å². The summed E-state index contributed by atoms with van der Waals surface area (Å²) in [5.41, 5.74) is 0. The predicted octanol–water partition coefficient (Wildman–Crippen LogP) is 3.98. The number of nitrogens with one attached hydrogen (secondary N) is 2. The van der Waals surface area contributed by atoms with Crippen LogP contribution < -0.4 is 10.6 Å². The largest absolute Gasteiger partial charge is 0.357 e. The fraction of sp³-hybridized carbons (Fsp3) is 0.933. The Morgan fingerprint density at radius 3 is 2.71 bits per heavy atom. The third-order valence-electron chi connectivity index (χ3n) is 3.67. The van der Waals surface area contributed by atoms with Gasteiger partial charge < -0.3 is 10.6 Å². The Kier molecular flexibility index (Phi) is 14.8. The number of halogens is 1. The van der Waals surface area contributed by atoms with Crippen LogP contribution in [0.15, 0.2) is 4.99 Å². The van der Waals surface area contributed by atoms with Crippen molar-refractivity contribution in [1.82, 2.24) is 10.6 Å². The van der Waals surface area contributed by atoms with Crippen molar-refractivity contribution in [3.63, 3.8) is 0 Å². The summed E-state index contributed by atoms with van der Waals surface area (Å²) in [6.45, 7) is 4.01. The van der Waals surface area contributed by atoms with E-state index in [9.17, 15) is 0 Å². The quantitative estimate of drug-likeness (QED) is 0.257. The van der Waals surface area contributed by atoms with Gasteiger partial charge in [-0.25, -0.2) is 0 Å². The van der Waals surface area contributed by atoms with Gasteiger partial charge in [0.15, 0.2) is 5.96 Å². The molecule has 0 heterocycles. The van der Waals surface area contributed by atoms with Gasteiger partial charge in [-0.05, 0) is 57.3 Å². The summed E-state index contributed by atoms with van der Waals surface area (Å²) in [6, 6.07) is 0.602. The van der Waals surface area contributed by atoms with Gasteiger partial charge in [0.25, 0.3) is 0 Å². The van der Waals surface area contributed by atoms with Gasteiger partial charge in [-0.3, -0.25) is 4.99 Å². The molecule has 126 valence electrons. The maximum absolute atomic E-state index is 4.71. The Bertz CT molecular complexity index is 278. The van der Waals surface area contributed by atoms with Gasteiger partial charge in [0.05, 0.1) is 0 Å². The molecule has 3 nitrogen and oxygen atoms in total. The van der Waals surface area contributed by atoms with Crippen molar-refractivity contribution in [2.24, 2.45) is 4.99 Å². The zero-order chi connectivity index (χ0) is 14.6. The molecule has 0 aromatic rings. The molecule has 2 N–H and O–H groups in total. The number of hydrogen-bond donors (Lipinski definition) is 2. The molecule has 1 rings (SSSR count). The van der Waals surface area contributed by atoms with Gasteiger partial charge in [0.2, 0.25) is 0 Å². The van der Waals surface area contributed by atoms with E-state index in [1.807, 2.05) is 23.5 Å². The molecule has 0 aromatic carbocycles. The van der Waals surface area contributed by atoms with Crippen molar-refractivity contribution in [1.29, 1.82) is 0 Å². The summed E-state index contributed by atoms with van der Waals surface area (Å²) in [5, 5.41) is 7.84. The number of guanidine groups is 1. The topological polar surface area (TPSA) is 36.4 Å². The molecular weight excluding hydrogens is 413 g/mol. The highest BCUT2D eigenvalue weighted by Crippen LogP contribution is 2.26. The van der Waals surface area contributed by atoms with Crippen molar-refractivity contribution >= 4 is 53.5 Å². The minimum Gasteiger partial charge on any atom is -0.357 e. The lowest BCUT2D eigenvalue weighted by Gasteiger charge is -2.29. The Labute approximate surface area is 156 Å². The Balaban J connectivity index is 0.00000400. The van der Waals surface area contributed by atoms with Gasteiger partial charge in [0.1, 0.15) is 0 Å². The van der Waals surface area contributed by atoms with E-state index in [1.165, 1.54) is 44.3 Å². The highest BCUT2D eigenvalue weighted by Gasteiger charge is 2.21. The van der Waals surface area contributed by atoms with Crippen molar-refractivity contribution < 1.29 is 0 Å². The number of hydrogen-bond acceptors (Lipinski definition) is 3. The smallest absolute Gasteiger partial charge is 0.191 e. The van der Waals surface area contributed by atoms with Crippen LogP contribution >= 0.6 is 47.5 Å². The van der Waals surface area contributed by atoms with Gasteiger partial charge in [0, 0.05) is 24.4 Å². The van der Waals surface area contributed by atoms with Crippen LogP contribution in [0.25, 0.3) is 0 Å². The van der Waals surface area contributed by atoms with E-state index >= 15 is 0 Å². The summed E-state index contributed by atoms with van der Waals surface area (Å²) in [6.07, 6.45) is 12.1. The van der Waals surface area contributed by atoms with E-state index in [0.717, 1.165) is 24.3 Å². The Morgan fingerprint density at radius 1 is 1.24 bits per heavy atom. The third-order valence-corrected chi connectivity index (χ3v) is 5.46. The zero-order valence-corrected chi connectivity index (χ0v) is 17.7. The van der Waals surface area contributed by atoms with Crippen LogP contribution in [0.1, 0.15) is 45.4 Å². The average molecular weight is 445 g/mol. The molecule has 0 spiro atoms. The first kappa shape index (κ1) is 21.7. The lowest BCUT2D eigenvalue weighted by atomic mass is 9.95. The SMILES string of the molecule is CCNC(=NCCCCSC)NC1CCCC(SC)C1.I. The molecule has 1 fully saturated rings. The van der Waals surface area contributed by atoms with Crippen molar-refractivity contribution in [3.05, 3.63) is 0 Å². The molecule has 21 heavy (non-hydrogen) atoms. The first-order valence-corrected chi connectivity index (χ1v) is 10.5. The Hall–Kier alpha value is 0.700. The van der Waals surface area contributed by atoms with Crippen LogP contribution in [-0.4, -0.2) is 48.6 Å². The first-order valence-electron chi connectivity index (χ1n) is 7.86. The monoisotopic (exact) mass is 445 g/mol. The molecule has 0 radical (unpaired) electrons. The molecule has 0 amide bonds. The van der Waals surface area contributed by atoms with E-state index < -0.39 is 0 Å². The molecule has 0 aromatic heterocycles. The number of rotatable bonds is 8. The third kappa shape index (κ3) is 10.2. The van der Waals surface area contributed by atoms with Gasteiger partial charge in [-0.15, -0.1) is 24.0 Å². The maximum atomic E-state index is 4.71. The zero-order valence-electron chi connectivity index (χ0n) is 13.7. The summed E-state index contributed by atoms with van der Waals surface area (Å²) in [4.78, 5) is 4.71. The number of aliphatic imine (C=N–C) groups is 1. The number of thioether (sulfide) groups is 2. The number of unbranched alkanes of at least 4 members (excludes halogenated alkanes) is 1. The molecule has 1 aliphatic rings. The Morgan fingerprint density at radius 2 is 2.05 bits per heavy atom. The first-order chi connectivity index (χ1) is 9.80. The van der Waals surface area contributed by atoms with Gasteiger partial charge in [-0.2, -0.15) is 23.5 Å². The molecule has 0 bridgehead atoms. The molecule has 2 atom stereocenters. The summed E-state index contributed by atoms with van der Waals surface area (Å²) in [7, 11) is 0. The second-order valence-corrected chi connectivity index (χ2v) is 7.45. The van der Waals surface area contributed by atoms with E-state index in [1.54, 1.807) is 0 Å². The van der Waals surface area contributed by atoms with Crippen molar-refractivity contribution in [2.75, 3.05) is 31.4 Å². The van der Waals surface area contributed by atoms with E-state index in [2.05, 4.69) is 30.1 Å². The highest BCUT2D eigenvalue weighted by molar-refractivity contribution is 14.0. The molecule has 0 aliphatic heterocycles. The van der Waals surface area contributed by atoms with Crippen molar-refractivity contribution in [3.8, 4) is 0 Å². The number of nitrogens with zero attached hydrogens (tertiary/aromatic N) is 1. The second-order valence-electron chi connectivity index (χ2n) is 5.33. The average Bonchev–Trinajstić information content (AvgIpc) is 2.47. The lowest BCUT2D eigenvalue weighted by Crippen LogP contribution is -2.45. The minimum absolute atomic E-state index is 0. The molecular formula is C15H32IN3S2. The van der Waals surface area contributed by atoms with Crippen LogP contribution in [0.5, 0.6) is 0 Å². The summed E-state index contributed by atoms with van der Waals surface area (Å²) < 4.78 is 0. The normalized spacial score (nSPS) is 22.5. The predicted molar refractivity (Wildman–Crippen MR) is 112 cm³/mol. The maximum Gasteiger partial charge on any atom is 0.191 e. The molecule has 0 saturated heterocycles. The summed E-state index contributed by atoms with van der Waals surface area (Å²) in [5.74, 6) is 2.26. The standard InChI is InChI=1S/C15H31N3S2.HI/c1-4-16-15(17-10-5-6-11-19-2)18-13-8-7-9-14(12-13)20-3;/h13-14H,4-12H2,1-3H3,(H2,16,17,18);1H. The van der Waals surface area contributed by atoms with Crippen LogP contribution in [0.4, 0.5) is 0 Å². The highest BCUT2D eigenvalue weighted by atomic mass is 127. The van der Waals surface area contributed by atoms with Crippen molar-refractivity contribution in [2.45, 2.75) is 56.7 Å². The van der Waals surface area contributed by atoms with E-state index in [4.69, 9.17) is 4.99 Å². The second kappa shape index (κ2) is 14.3. The lowest BCUT2D eigenvalue weighted by molar-refractivity contribution is 0.419. The van der Waals surface area contributed by atoms with Gasteiger partial charge in [-0.1, -0.05) is 6.42 Å². The van der Waals surface area contributed by atoms with E-state index in [0.29, 0.717) is 6.04 Å². The van der Waals surface area contributed by atoms with Crippen LogP contribution in [-0.2, 0) is 0 Å². The van der Waals surface area contributed by atoms with E-state index in [-0.39, 0.29) is 24.0 Å². The molecule has 2 unspecified atom stereocenters. The fourth-order valence-electron chi connectivity index (χ4n) is 2.55. The van der Waals surface area contributed by atoms with Crippen LogP contribution in [0.3, 0.4) is 0 Å². The summed E-state index contributed by atoms with van der Waals surface area (Å²) >= 11 is 3.93. The molecule has 1 aliphatic carbocycles.